The Morgan fingerprint density at radius 3 is 1.11 bits per heavy atom. The molecule has 0 radical (unpaired) electrons. The van der Waals surface area contributed by atoms with Crippen molar-refractivity contribution in [1.29, 1.82) is 0 Å². The number of primary amides is 2. The molecule has 0 heterocycles. The number of fused-ring (bicyclic) bond motifs is 2. The summed E-state index contributed by atoms with van der Waals surface area (Å²) in [4.78, 5) is 48.1. The summed E-state index contributed by atoms with van der Waals surface area (Å²) in [5.74, 6) is -3.95. The van der Waals surface area contributed by atoms with Crippen molar-refractivity contribution in [3.8, 4) is 0 Å². The van der Waals surface area contributed by atoms with Crippen LogP contribution in [0.2, 0.25) is 0 Å². The number of hydrogen-bond donors (Lipinski definition) is 5. The van der Waals surface area contributed by atoms with Crippen LogP contribution < -0.4 is 16.8 Å². The third-order valence-corrected chi connectivity index (χ3v) is 6.39. The number of nitrogens with one attached hydrogen (secondary N) is 1. The first-order valence-corrected chi connectivity index (χ1v) is 11.6. The Morgan fingerprint density at radius 2 is 0.865 bits per heavy atom. The molecule has 0 aliphatic heterocycles. The SMILES string of the molecule is CCNCC.NC(=O)c1ccc2c3ccc(C(=O)O)c4c(C(=O)O)ccc(c5ccc(C(N)=O)c1c25)c43. The van der Waals surface area contributed by atoms with Gasteiger partial charge in [-0.05, 0) is 69.7 Å². The van der Waals surface area contributed by atoms with Gasteiger partial charge in [0.2, 0.25) is 11.8 Å². The lowest BCUT2D eigenvalue weighted by Gasteiger charge is -2.18. The number of carbonyl (C=O) groups excluding carboxylic acids is 2. The van der Waals surface area contributed by atoms with Gasteiger partial charge in [-0.15, -0.1) is 0 Å². The lowest BCUT2D eigenvalue weighted by Crippen LogP contribution is -2.16. The fourth-order valence-electron chi connectivity index (χ4n) is 4.91. The van der Waals surface area contributed by atoms with Gasteiger partial charge in [-0.25, -0.2) is 9.59 Å². The van der Waals surface area contributed by atoms with Crippen LogP contribution in [0.15, 0.2) is 48.5 Å². The summed E-state index contributed by atoms with van der Waals surface area (Å²) in [6.07, 6.45) is 0. The van der Waals surface area contributed by atoms with Gasteiger partial charge in [-0.1, -0.05) is 38.1 Å². The van der Waals surface area contributed by atoms with Crippen molar-refractivity contribution in [3.05, 3.63) is 70.8 Å². The molecule has 0 atom stereocenters. The number of amides is 2. The van der Waals surface area contributed by atoms with Crippen molar-refractivity contribution in [2.24, 2.45) is 11.5 Å². The number of benzene rings is 5. The number of carboxylic acid groups (broad SMARTS) is 2. The molecule has 5 aromatic rings. The van der Waals surface area contributed by atoms with Crippen molar-refractivity contribution in [2.75, 3.05) is 13.1 Å². The molecule has 188 valence electrons. The van der Waals surface area contributed by atoms with E-state index in [1.807, 2.05) is 0 Å². The van der Waals surface area contributed by atoms with Gasteiger partial charge in [0, 0.05) is 21.9 Å². The van der Waals surface area contributed by atoms with Gasteiger partial charge in [0.05, 0.1) is 11.1 Å². The second kappa shape index (κ2) is 9.71. The van der Waals surface area contributed by atoms with Crippen LogP contribution in [0.4, 0.5) is 0 Å². The average Bonchev–Trinajstić information content (AvgIpc) is 2.86. The van der Waals surface area contributed by atoms with E-state index >= 15 is 0 Å². The van der Waals surface area contributed by atoms with Gasteiger partial charge in [0.1, 0.15) is 0 Å². The summed E-state index contributed by atoms with van der Waals surface area (Å²) < 4.78 is 0. The Kier molecular flexibility index (Phi) is 6.65. The third kappa shape index (κ3) is 4.05. The Labute approximate surface area is 211 Å². The molecule has 0 fully saturated rings. The van der Waals surface area contributed by atoms with E-state index in [1.165, 1.54) is 24.3 Å². The molecule has 0 saturated carbocycles. The van der Waals surface area contributed by atoms with Crippen LogP contribution in [0.3, 0.4) is 0 Å². The lowest BCUT2D eigenvalue weighted by molar-refractivity contribution is 0.0695. The van der Waals surface area contributed by atoms with E-state index < -0.39 is 23.8 Å². The van der Waals surface area contributed by atoms with Crippen LogP contribution in [0, 0.1) is 0 Å². The molecule has 7 N–H and O–H groups in total. The fraction of sp³-hybridized carbons (Fsp3) is 0.143. The molecule has 5 aromatic carbocycles. The first-order chi connectivity index (χ1) is 17.6. The van der Waals surface area contributed by atoms with Gasteiger partial charge in [-0.2, -0.15) is 0 Å². The highest BCUT2D eigenvalue weighted by Crippen LogP contribution is 2.43. The molecule has 0 spiro atoms. The van der Waals surface area contributed by atoms with Gasteiger partial charge in [0.25, 0.3) is 0 Å². The number of rotatable bonds is 6. The van der Waals surface area contributed by atoms with Crippen molar-refractivity contribution < 1.29 is 29.4 Å². The quantitative estimate of drug-likeness (QED) is 0.174. The maximum absolute atomic E-state index is 12.1. The van der Waals surface area contributed by atoms with E-state index in [0.29, 0.717) is 37.7 Å². The molecule has 0 aromatic heterocycles. The van der Waals surface area contributed by atoms with E-state index in [-0.39, 0.29) is 27.6 Å². The maximum Gasteiger partial charge on any atom is 0.336 e. The number of aromatic carboxylic acids is 2. The highest BCUT2D eigenvalue weighted by atomic mass is 16.4. The zero-order valence-electron chi connectivity index (χ0n) is 20.2. The molecular weight excluding hydrogens is 474 g/mol. The van der Waals surface area contributed by atoms with Crippen LogP contribution in [0.1, 0.15) is 55.3 Å². The number of nitrogens with two attached hydrogens (primary N) is 2. The van der Waals surface area contributed by atoms with Crippen molar-refractivity contribution in [2.45, 2.75) is 13.8 Å². The van der Waals surface area contributed by atoms with Gasteiger partial charge in [0.15, 0.2) is 0 Å². The molecule has 0 bridgehead atoms. The summed E-state index contributed by atoms with van der Waals surface area (Å²) in [6, 6.07) is 12.2. The van der Waals surface area contributed by atoms with Gasteiger partial charge in [-0.3, -0.25) is 9.59 Å². The van der Waals surface area contributed by atoms with E-state index in [0.717, 1.165) is 13.1 Å². The predicted molar refractivity (Wildman–Crippen MR) is 143 cm³/mol. The van der Waals surface area contributed by atoms with E-state index in [2.05, 4.69) is 19.2 Å². The molecule has 9 heteroatoms. The Morgan fingerprint density at radius 1 is 0.568 bits per heavy atom. The summed E-state index contributed by atoms with van der Waals surface area (Å²) >= 11 is 0. The van der Waals surface area contributed by atoms with E-state index in [4.69, 9.17) is 11.5 Å². The number of carbonyl (C=O) groups is 4. The Bertz CT molecular complexity index is 1500. The smallest absolute Gasteiger partial charge is 0.336 e. The number of hydrogen-bond acceptors (Lipinski definition) is 5. The zero-order valence-corrected chi connectivity index (χ0v) is 20.2. The minimum atomic E-state index is -1.25. The molecular formula is C28H25N3O6. The zero-order chi connectivity index (χ0) is 27.0. The largest absolute Gasteiger partial charge is 0.478 e. The van der Waals surface area contributed by atoms with Gasteiger partial charge < -0.3 is 27.0 Å². The van der Waals surface area contributed by atoms with Crippen LogP contribution in [0.5, 0.6) is 0 Å². The highest BCUT2D eigenvalue weighted by Gasteiger charge is 2.24. The molecule has 0 unspecified atom stereocenters. The molecule has 5 rings (SSSR count). The molecule has 37 heavy (non-hydrogen) atoms. The molecule has 0 aliphatic rings. The van der Waals surface area contributed by atoms with Crippen LogP contribution in [0.25, 0.3) is 43.1 Å². The standard InChI is InChI=1S/C24H14N2O6.C4H11N/c25-21(27)13-5-1-9-11-3-7-15(23(29)30)20-16(24(31)32)8-4-12(18(11)20)10-2-6-14(22(26)28)19(13)17(9)10;1-3-5-4-2/h1-8H,(H2,25,27)(H2,26,28)(H,29,30)(H,31,32);5H,3-4H2,1-2H3. The minimum absolute atomic E-state index is 0.108. The molecule has 9 nitrogen and oxygen atoms in total. The van der Waals surface area contributed by atoms with Crippen molar-refractivity contribution in [1.82, 2.24) is 5.32 Å². The second-order valence-electron chi connectivity index (χ2n) is 8.44. The molecule has 2 amide bonds. The summed E-state index contributed by atoms with van der Waals surface area (Å²) in [6.45, 7) is 6.39. The highest BCUT2D eigenvalue weighted by molar-refractivity contribution is 6.38. The molecule has 0 saturated heterocycles. The number of carboxylic acids is 2. The predicted octanol–water partition coefficient (Wildman–Crippen LogP) is 3.95. The molecule has 0 aliphatic carbocycles. The van der Waals surface area contributed by atoms with Crippen molar-refractivity contribution >= 4 is 66.8 Å². The second-order valence-corrected chi connectivity index (χ2v) is 8.44. The summed E-state index contributed by atoms with van der Waals surface area (Å²) in [7, 11) is 0. The van der Waals surface area contributed by atoms with E-state index in [9.17, 15) is 29.4 Å². The van der Waals surface area contributed by atoms with Gasteiger partial charge >= 0.3 is 11.9 Å². The Balaban J connectivity index is 0.000000586. The summed E-state index contributed by atoms with van der Waals surface area (Å²) in [5, 5.41) is 26.4. The monoisotopic (exact) mass is 499 g/mol. The van der Waals surface area contributed by atoms with Crippen LogP contribution >= 0.6 is 0 Å². The lowest BCUT2D eigenvalue weighted by atomic mass is 9.84. The average molecular weight is 500 g/mol. The topological polar surface area (TPSA) is 173 Å². The van der Waals surface area contributed by atoms with Crippen LogP contribution in [-0.2, 0) is 0 Å². The minimum Gasteiger partial charge on any atom is -0.478 e. The summed E-state index contributed by atoms with van der Waals surface area (Å²) in [5.41, 5.74) is 11.1. The first-order valence-electron chi connectivity index (χ1n) is 11.6. The van der Waals surface area contributed by atoms with Crippen LogP contribution in [-0.4, -0.2) is 47.1 Å². The van der Waals surface area contributed by atoms with Crippen molar-refractivity contribution in [3.63, 3.8) is 0 Å². The third-order valence-electron chi connectivity index (χ3n) is 6.39. The fourth-order valence-corrected chi connectivity index (χ4v) is 4.91. The maximum atomic E-state index is 12.1. The Hall–Kier alpha value is -4.76. The first kappa shape index (κ1) is 25.3. The van der Waals surface area contributed by atoms with E-state index in [1.54, 1.807) is 24.3 Å². The normalized spacial score (nSPS) is 11.1.